The lowest BCUT2D eigenvalue weighted by atomic mass is 10.2. The number of rotatable bonds is 5. The zero-order valence-corrected chi connectivity index (χ0v) is 13.3. The number of hydrazone groups is 1. The van der Waals surface area contributed by atoms with Crippen LogP contribution in [0.4, 0.5) is 0 Å². The average molecular weight is 335 g/mol. The summed E-state index contributed by atoms with van der Waals surface area (Å²) in [5, 5.41) is 4.27. The van der Waals surface area contributed by atoms with Gasteiger partial charge in [-0.25, -0.2) is 10.2 Å². The number of aromatic amines is 1. The van der Waals surface area contributed by atoms with E-state index >= 15 is 0 Å². The van der Waals surface area contributed by atoms with E-state index in [0.29, 0.717) is 28.6 Å². The van der Waals surface area contributed by atoms with Crippen molar-refractivity contribution in [1.29, 1.82) is 0 Å². The number of benzene rings is 1. The fourth-order valence-corrected chi connectivity index (χ4v) is 2.03. The van der Waals surface area contributed by atoms with Crippen LogP contribution in [0.5, 0.6) is 5.75 Å². The molecule has 0 unspecified atom stereocenters. The Balaban J connectivity index is 2.05. The van der Waals surface area contributed by atoms with Gasteiger partial charge in [0.05, 0.1) is 17.8 Å². The zero-order chi connectivity index (χ0) is 16.8. The molecular weight excluding hydrogens is 320 g/mol. The molecule has 1 heterocycles. The molecule has 8 heteroatoms. The van der Waals surface area contributed by atoms with Gasteiger partial charge in [-0.2, -0.15) is 10.1 Å². The third-order valence-electron chi connectivity index (χ3n) is 2.75. The standard InChI is InChI=1S/C15H15ClN4O3/c1-3-23-13-5-4-10(7-11(13)16)8-17-20-14(21)12-6-9(2)18-15(22)19-12/h4-8H,3H2,1-2H3,(H,20,21)(H,18,19,22)/b17-8+. The van der Waals surface area contributed by atoms with Crippen molar-refractivity contribution in [1.82, 2.24) is 15.4 Å². The average Bonchev–Trinajstić information content (AvgIpc) is 2.49. The molecule has 0 spiro atoms. The molecule has 1 amide bonds. The highest BCUT2D eigenvalue weighted by Gasteiger charge is 2.07. The van der Waals surface area contributed by atoms with E-state index in [-0.39, 0.29) is 5.69 Å². The number of amides is 1. The smallest absolute Gasteiger partial charge is 0.345 e. The molecule has 0 radical (unpaired) electrons. The number of carbonyl (C=O) groups excluding carboxylic acids is 1. The van der Waals surface area contributed by atoms with Crippen LogP contribution in [0.15, 0.2) is 34.2 Å². The molecule has 0 aliphatic heterocycles. The highest BCUT2D eigenvalue weighted by molar-refractivity contribution is 6.32. The summed E-state index contributed by atoms with van der Waals surface area (Å²) in [7, 11) is 0. The van der Waals surface area contributed by atoms with E-state index in [9.17, 15) is 9.59 Å². The quantitative estimate of drug-likeness (QED) is 0.644. The van der Waals surface area contributed by atoms with Crippen LogP contribution in [0.25, 0.3) is 0 Å². The largest absolute Gasteiger partial charge is 0.492 e. The van der Waals surface area contributed by atoms with Crippen molar-refractivity contribution in [2.75, 3.05) is 6.61 Å². The van der Waals surface area contributed by atoms with Gasteiger partial charge in [-0.05, 0) is 43.7 Å². The molecule has 0 atom stereocenters. The Morgan fingerprint density at radius 3 is 2.91 bits per heavy atom. The molecule has 7 nitrogen and oxygen atoms in total. The first-order valence-electron chi connectivity index (χ1n) is 6.83. The SMILES string of the molecule is CCOc1ccc(/C=N/NC(=O)c2cc(C)[nH]c(=O)n2)cc1Cl. The maximum Gasteiger partial charge on any atom is 0.345 e. The van der Waals surface area contributed by atoms with Gasteiger partial charge in [0.15, 0.2) is 0 Å². The number of nitrogens with zero attached hydrogens (tertiary/aromatic N) is 2. The minimum absolute atomic E-state index is 0.00636. The Morgan fingerprint density at radius 1 is 1.48 bits per heavy atom. The molecule has 1 aromatic carbocycles. The molecule has 0 aliphatic rings. The summed E-state index contributed by atoms with van der Waals surface area (Å²) in [5.74, 6) is 0.00558. The zero-order valence-electron chi connectivity index (χ0n) is 12.6. The maximum absolute atomic E-state index is 11.9. The Kier molecular flexibility index (Phi) is 5.48. The molecule has 0 aliphatic carbocycles. The number of halogens is 1. The summed E-state index contributed by atoms with van der Waals surface area (Å²) in [5.41, 5.74) is 2.94. The first-order valence-corrected chi connectivity index (χ1v) is 7.21. The molecule has 23 heavy (non-hydrogen) atoms. The Hall–Kier alpha value is -2.67. The van der Waals surface area contributed by atoms with Gasteiger partial charge in [-0.15, -0.1) is 0 Å². The number of aromatic nitrogens is 2. The highest BCUT2D eigenvalue weighted by atomic mass is 35.5. The van der Waals surface area contributed by atoms with Crippen LogP contribution in [0, 0.1) is 6.92 Å². The van der Waals surface area contributed by atoms with E-state index in [2.05, 4.69) is 20.5 Å². The van der Waals surface area contributed by atoms with Crippen LogP contribution in [0.3, 0.4) is 0 Å². The first kappa shape index (κ1) is 16.7. The third-order valence-corrected chi connectivity index (χ3v) is 3.04. The second-order valence-corrected chi connectivity index (χ2v) is 4.98. The van der Waals surface area contributed by atoms with E-state index in [4.69, 9.17) is 16.3 Å². The summed E-state index contributed by atoms with van der Waals surface area (Å²) in [4.78, 5) is 29.1. The van der Waals surface area contributed by atoms with Crippen LogP contribution in [0.2, 0.25) is 5.02 Å². The number of hydrogen-bond donors (Lipinski definition) is 2. The van der Waals surface area contributed by atoms with Crippen LogP contribution in [-0.4, -0.2) is 28.7 Å². The van der Waals surface area contributed by atoms with Gasteiger partial charge in [0.25, 0.3) is 5.91 Å². The molecule has 0 fully saturated rings. The Labute approximate surface area is 137 Å². The monoisotopic (exact) mass is 334 g/mol. The minimum atomic E-state index is -0.586. The first-order chi connectivity index (χ1) is 11.0. The molecule has 1 aromatic heterocycles. The molecule has 0 bridgehead atoms. The Morgan fingerprint density at radius 2 is 2.26 bits per heavy atom. The van der Waals surface area contributed by atoms with Crippen molar-refractivity contribution in [3.63, 3.8) is 0 Å². The van der Waals surface area contributed by atoms with E-state index in [1.165, 1.54) is 12.3 Å². The number of nitrogens with one attached hydrogen (secondary N) is 2. The summed E-state index contributed by atoms with van der Waals surface area (Å²) in [6.07, 6.45) is 1.43. The molecule has 0 saturated carbocycles. The number of hydrogen-bond acceptors (Lipinski definition) is 5. The fraction of sp³-hybridized carbons (Fsp3) is 0.200. The molecule has 2 aromatic rings. The van der Waals surface area contributed by atoms with Crippen molar-refractivity contribution in [3.8, 4) is 5.75 Å². The summed E-state index contributed by atoms with van der Waals surface area (Å²) < 4.78 is 5.33. The molecule has 2 N–H and O–H groups in total. The van der Waals surface area contributed by atoms with Crippen molar-refractivity contribution < 1.29 is 9.53 Å². The van der Waals surface area contributed by atoms with Gasteiger partial charge in [-0.3, -0.25) is 4.79 Å². The second-order valence-electron chi connectivity index (χ2n) is 4.58. The van der Waals surface area contributed by atoms with Gasteiger partial charge < -0.3 is 9.72 Å². The molecule has 0 saturated heterocycles. The van der Waals surface area contributed by atoms with E-state index < -0.39 is 11.6 Å². The highest BCUT2D eigenvalue weighted by Crippen LogP contribution is 2.24. The number of carbonyl (C=O) groups is 1. The fourth-order valence-electron chi connectivity index (χ4n) is 1.79. The van der Waals surface area contributed by atoms with Crippen molar-refractivity contribution in [2.24, 2.45) is 5.10 Å². The maximum atomic E-state index is 11.9. The lowest BCUT2D eigenvalue weighted by Crippen LogP contribution is -2.24. The van der Waals surface area contributed by atoms with Gasteiger partial charge in [-0.1, -0.05) is 11.6 Å². The predicted octanol–water partition coefficient (Wildman–Crippen LogP) is 1.89. The van der Waals surface area contributed by atoms with Gasteiger partial charge in [0.1, 0.15) is 11.4 Å². The van der Waals surface area contributed by atoms with E-state index in [0.717, 1.165) is 0 Å². The van der Waals surface area contributed by atoms with E-state index in [1.54, 1.807) is 25.1 Å². The second kappa shape index (κ2) is 7.55. The summed E-state index contributed by atoms with van der Waals surface area (Å²) in [6, 6.07) is 6.59. The van der Waals surface area contributed by atoms with Gasteiger partial charge >= 0.3 is 5.69 Å². The van der Waals surface area contributed by atoms with Gasteiger partial charge in [0.2, 0.25) is 0 Å². The summed E-state index contributed by atoms with van der Waals surface area (Å²) >= 11 is 6.06. The number of ether oxygens (including phenoxy) is 1. The van der Waals surface area contributed by atoms with Crippen LogP contribution < -0.4 is 15.9 Å². The molecule has 2 rings (SSSR count). The molecular formula is C15H15ClN4O3. The lowest BCUT2D eigenvalue weighted by molar-refractivity contribution is 0.0949. The number of aryl methyl sites for hydroxylation is 1. The number of H-pyrrole nitrogens is 1. The van der Waals surface area contributed by atoms with Gasteiger partial charge in [0, 0.05) is 5.69 Å². The normalized spacial score (nSPS) is 10.7. The van der Waals surface area contributed by atoms with Crippen LogP contribution in [-0.2, 0) is 0 Å². The van der Waals surface area contributed by atoms with Crippen LogP contribution >= 0.6 is 11.6 Å². The third kappa shape index (κ3) is 4.65. The van der Waals surface area contributed by atoms with E-state index in [1.807, 2.05) is 6.92 Å². The molecule has 120 valence electrons. The van der Waals surface area contributed by atoms with Crippen molar-refractivity contribution in [2.45, 2.75) is 13.8 Å². The topological polar surface area (TPSA) is 96.4 Å². The minimum Gasteiger partial charge on any atom is -0.492 e. The Bertz CT molecular complexity index is 802. The summed E-state index contributed by atoms with van der Waals surface area (Å²) in [6.45, 7) is 4.04. The predicted molar refractivity (Wildman–Crippen MR) is 87.3 cm³/mol. The van der Waals surface area contributed by atoms with Crippen LogP contribution in [0.1, 0.15) is 28.7 Å². The van der Waals surface area contributed by atoms with Crippen molar-refractivity contribution in [3.05, 3.63) is 56.7 Å². The lowest BCUT2D eigenvalue weighted by Gasteiger charge is -2.05. The van der Waals surface area contributed by atoms with Crippen molar-refractivity contribution >= 4 is 23.7 Å².